The van der Waals surface area contributed by atoms with Gasteiger partial charge in [0.1, 0.15) is 5.92 Å². The largest absolute Gasteiger partial charge is 0.400 e. The molecule has 8 heteroatoms. The first kappa shape index (κ1) is 21.0. The van der Waals surface area contributed by atoms with E-state index in [9.17, 15) is 27.2 Å². The van der Waals surface area contributed by atoms with Gasteiger partial charge in [0, 0.05) is 15.4 Å². The summed E-state index contributed by atoms with van der Waals surface area (Å²) < 4.78 is 47.0. The standard InChI is InChI=1S/C7H12F3NO.C5H10FNO.2H2/c1-4(2)11-6(12)5(3)7(8,9)10;1-2-7-5(8)3-4-6;;/h4-5H,1-3H3,(H,11,12);2-4H2,1H3,(H,7,8);2*1H. The van der Waals surface area contributed by atoms with Crippen LogP contribution in [0.4, 0.5) is 17.6 Å². The minimum absolute atomic E-state index is 0. The van der Waals surface area contributed by atoms with E-state index < -0.39 is 24.7 Å². The number of carbonyl (C=O) groups is 2. The summed E-state index contributed by atoms with van der Waals surface area (Å²) in [6.45, 7) is 5.89. The third-order valence-electron chi connectivity index (χ3n) is 2.01. The van der Waals surface area contributed by atoms with Gasteiger partial charge in [0.15, 0.2) is 0 Å². The summed E-state index contributed by atoms with van der Waals surface area (Å²) in [5.41, 5.74) is 0. The van der Waals surface area contributed by atoms with Gasteiger partial charge in [0.2, 0.25) is 11.8 Å². The van der Waals surface area contributed by atoms with Gasteiger partial charge in [-0.2, -0.15) is 13.2 Å². The summed E-state index contributed by atoms with van der Waals surface area (Å²) in [6.07, 6.45) is -4.45. The topological polar surface area (TPSA) is 58.2 Å². The number of halogens is 4. The van der Waals surface area contributed by atoms with Crippen LogP contribution in [0, 0.1) is 5.92 Å². The molecule has 4 nitrogen and oxygen atoms in total. The molecule has 0 saturated heterocycles. The summed E-state index contributed by atoms with van der Waals surface area (Å²) in [7, 11) is 0. The zero-order valence-corrected chi connectivity index (χ0v) is 12.1. The Morgan fingerprint density at radius 2 is 1.70 bits per heavy atom. The van der Waals surface area contributed by atoms with Crippen molar-refractivity contribution in [3.8, 4) is 0 Å². The van der Waals surface area contributed by atoms with Crippen LogP contribution < -0.4 is 10.6 Å². The normalized spacial score (nSPS) is 12.2. The van der Waals surface area contributed by atoms with Crippen LogP contribution in [0.15, 0.2) is 0 Å². The Hall–Kier alpha value is -1.34. The van der Waals surface area contributed by atoms with E-state index in [-0.39, 0.29) is 21.2 Å². The smallest absolute Gasteiger partial charge is 0.356 e. The molecule has 0 aromatic rings. The molecule has 0 aromatic carbocycles. The van der Waals surface area contributed by atoms with Gasteiger partial charge in [-0.1, -0.05) is 0 Å². The van der Waals surface area contributed by atoms with E-state index in [1.165, 1.54) is 0 Å². The number of carbonyl (C=O) groups excluding carboxylic acids is 2. The van der Waals surface area contributed by atoms with Crippen LogP contribution >= 0.6 is 0 Å². The summed E-state index contributed by atoms with van der Waals surface area (Å²) in [5, 5.41) is 4.66. The molecule has 0 saturated carbocycles. The van der Waals surface area contributed by atoms with E-state index in [1.807, 2.05) is 0 Å². The molecule has 0 aliphatic carbocycles. The predicted molar refractivity (Wildman–Crippen MR) is 72.0 cm³/mol. The predicted octanol–water partition coefficient (Wildman–Crippen LogP) is 2.68. The second kappa shape index (κ2) is 10.4. The Bertz CT molecular complexity index is 295. The summed E-state index contributed by atoms with van der Waals surface area (Å²) >= 11 is 0. The van der Waals surface area contributed by atoms with E-state index >= 15 is 0 Å². The maximum Gasteiger partial charge on any atom is 0.400 e. The second-order valence-corrected chi connectivity index (χ2v) is 4.32. The zero-order chi connectivity index (χ0) is 16.3. The van der Waals surface area contributed by atoms with Crippen LogP contribution in [0.3, 0.4) is 0 Å². The van der Waals surface area contributed by atoms with Gasteiger partial charge in [0.05, 0.1) is 13.1 Å². The second-order valence-electron chi connectivity index (χ2n) is 4.32. The molecule has 0 rings (SSSR count). The van der Waals surface area contributed by atoms with Crippen molar-refractivity contribution in [3.05, 3.63) is 0 Å². The fourth-order valence-electron chi connectivity index (χ4n) is 0.930. The lowest BCUT2D eigenvalue weighted by molar-refractivity contribution is -0.179. The summed E-state index contributed by atoms with van der Waals surface area (Å²) in [6, 6.07) is -0.262. The number of nitrogens with one attached hydrogen (secondary N) is 2. The van der Waals surface area contributed by atoms with Gasteiger partial charge in [0.25, 0.3) is 0 Å². The van der Waals surface area contributed by atoms with Crippen LogP contribution in [-0.4, -0.2) is 37.3 Å². The number of alkyl halides is 4. The van der Waals surface area contributed by atoms with Gasteiger partial charge in [-0.25, -0.2) is 0 Å². The first-order valence-corrected chi connectivity index (χ1v) is 6.25. The molecule has 0 aliphatic rings. The summed E-state index contributed by atoms with van der Waals surface area (Å²) in [4.78, 5) is 21.1. The molecule has 0 spiro atoms. The first-order valence-electron chi connectivity index (χ1n) is 6.25. The van der Waals surface area contributed by atoms with Crippen LogP contribution in [0.1, 0.15) is 37.0 Å². The van der Waals surface area contributed by atoms with E-state index in [0.29, 0.717) is 6.54 Å². The third-order valence-corrected chi connectivity index (χ3v) is 2.01. The molecule has 0 heterocycles. The molecule has 1 atom stereocenters. The molecular weight excluding hydrogens is 280 g/mol. The zero-order valence-electron chi connectivity index (χ0n) is 12.1. The molecule has 20 heavy (non-hydrogen) atoms. The maximum atomic E-state index is 11.9. The Labute approximate surface area is 119 Å². The number of hydrogen-bond acceptors (Lipinski definition) is 2. The fourth-order valence-corrected chi connectivity index (χ4v) is 0.930. The molecule has 2 amide bonds. The number of rotatable bonds is 5. The van der Waals surface area contributed by atoms with Crippen LogP contribution in [0.25, 0.3) is 0 Å². The van der Waals surface area contributed by atoms with E-state index in [0.717, 1.165) is 6.92 Å². The highest BCUT2D eigenvalue weighted by atomic mass is 19.4. The van der Waals surface area contributed by atoms with E-state index in [4.69, 9.17) is 0 Å². The highest BCUT2D eigenvalue weighted by Gasteiger charge is 2.41. The van der Waals surface area contributed by atoms with Gasteiger partial charge >= 0.3 is 6.18 Å². The minimum atomic E-state index is -4.45. The van der Waals surface area contributed by atoms with Crippen LogP contribution in [-0.2, 0) is 9.59 Å². The highest BCUT2D eigenvalue weighted by molar-refractivity contribution is 5.79. The molecule has 0 aromatic heterocycles. The molecule has 0 aliphatic heterocycles. The Morgan fingerprint density at radius 3 is 2.00 bits per heavy atom. The molecule has 2 N–H and O–H groups in total. The fraction of sp³-hybridized carbons (Fsp3) is 0.833. The Balaban J connectivity index is -0.000000144. The Morgan fingerprint density at radius 1 is 1.20 bits per heavy atom. The SMILES string of the molecule is CC(C)NC(=O)C(C)C(F)(F)F.CCNC(=O)CCF.[HH].[HH]. The van der Waals surface area contributed by atoms with Crippen molar-refractivity contribution in [2.45, 2.75) is 46.3 Å². The minimum Gasteiger partial charge on any atom is -0.356 e. The summed E-state index contributed by atoms with van der Waals surface area (Å²) in [5.74, 6) is -3.12. The molecule has 0 radical (unpaired) electrons. The molecule has 0 bridgehead atoms. The van der Waals surface area contributed by atoms with Crippen LogP contribution in [0.2, 0.25) is 0 Å². The van der Waals surface area contributed by atoms with Gasteiger partial charge in [-0.05, 0) is 27.7 Å². The van der Waals surface area contributed by atoms with Crippen molar-refractivity contribution in [2.24, 2.45) is 5.92 Å². The van der Waals surface area contributed by atoms with E-state index in [2.05, 4.69) is 10.6 Å². The third kappa shape index (κ3) is 11.7. The van der Waals surface area contributed by atoms with Crippen molar-refractivity contribution in [1.29, 1.82) is 0 Å². The average Bonchev–Trinajstić information content (AvgIpc) is 2.27. The average molecular weight is 306 g/mol. The highest BCUT2D eigenvalue weighted by Crippen LogP contribution is 2.25. The molecular formula is C12H26F4N2O2. The van der Waals surface area contributed by atoms with Gasteiger partial charge in [-0.3, -0.25) is 14.0 Å². The monoisotopic (exact) mass is 306 g/mol. The molecule has 124 valence electrons. The quantitative estimate of drug-likeness (QED) is 0.767. The van der Waals surface area contributed by atoms with Crippen molar-refractivity contribution >= 4 is 11.8 Å². The van der Waals surface area contributed by atoms with Gasteiger partial charge < -0.3 is 10.6 Å². The molecule has 1 unspecified atom stereocenters. The molecule has 0 fully saturated rings. The number of amides is 2. The van der Waals surface area contributed by atoms with Crippen molar-refractivity contribution in [3.63, 3.8) is 0 Å². The Kier molecular flexibility index (Phi) is 11.0. The van der Waals surface area contributed by atoms with Crippen LogP contribution in [0.5, 0.6) is 0 Å². The first-order chi connectivity index (χ1) is 9.06. The van der Waals surface area contributed by atoms with Gasteiger partial charge in [-0.15, -0.1) is 0 Å². The lowest BCUT2D eigenvalue weighted by atomic mass is 10.1. The van der Waals surface area contributed by atoms with Crippen molar-refractivity contribution in [2.75, 3.05) is 13.2 Å². The number of hydrogen-bond donors (Lipinski definition) is 2. The van der Waals surface area contributed by atoms with Crippen molar-refractivity contribution < 1.29 is 30.0 Å². The lowest BCUT2D eigenvalue weighted by Gasteiger charge is -2.16. The van der Waals surface area contributed by atoms with Crippen molar-refractivity contribution in [1.82, 2.24) is 10.6 Å². The van der Waals surface area contributed by atoms with E-state index in [1.54, 1.807) is 20.8 Å². The maximum absolute atomic E-state index is 11.9. The lowest BCUT2D eigenvalue weighted by Crippen LogP contribution is -2.40.